The average molecular weight is 372 g/mol. The van der Waals surface area contributed by atoms with Crippen LogP contribution in [0.5, 0.6) is 11.5 Å². The summed E-state index contributed by atoms with van der Waals surface area (Å²) in [5, 5.41) is 0. The average Bonchev–Trinajstić information content (AvgIpc) is 3.20. The number of carbonyl (C=O) groups excluding carboxylic acids is 1. The number of benzene rings is 2. The number of hydrogen-bond donors (Lipinski definition) is 0. The van der Waals surface area contributed by atoms with E-state index in [1.165, 1.54) is 0 Å². The number of likely N-dealkylation sites (N-methyl/N-ethyl adjacent to an activating group) is 1. The van der Waals surface area contributed by atoms with Gasteiger partial charge >= 0.3 is 0 Å². The first-order chi connectivity index (χ1) is 11.1. The molecule has 0 saturated carbocycles. The van der Waals surface area contributed by atoms with Gasteiger partial charge in [0.15, 0.2) is 0 Å². The number of ether oxygens (including phenoxy) is 2. The van der Waals surface area contributed by atoms with Gasteiger partial charge in [-0.2, -0.15) is 0 Å². The molecule has 4 nitrogen and oxygen atoms in total. The highest BCUT2D eigenvalue weighted by atomic mass is 79.9. The van der Waals surface area contributed by atoms with Crippen LogP contribution in [0, 0.1) is 0 Å². The second-order valence-corrected chi connectivity index (χ2v) is 7.10. The molecule has 3 heterocycles. The van der Waals surface area contributed by atoms with Crippen LogP contribution in [0.15, 0.2) is 34.8 Å². The van der Waals surface area contributed by atoms with Gasteiger partial charge in [0.1, 0.15) is 23.5 Å². The van der Waals surface area contributed by atoms with Gasteiger partial charge in [-0.05, 0) is 23.8 Å². The molecule has 1 spiro atoms. The molecule has 0 fully saturated rings. The van der Waals surface area contributed by atoms with Gasteiger partial charge in [0.25, 0.3) is 0 Å². The monoisotopic (exact) mass is 371 g/mol. The maximum atomic E-state index is 13.2. The summed E-state index contributed by atoms with van der Waals surface area (Å²) in [6.07, 6.45) is 0.880. The zero-order valence-electron chi connectivity index (χ0n) is 12.6. The summed E-state index contributed by atoms with van der Waals surface area (Å²) in [6.45, 7) is 1.03. The van der Waals surface area contributed by atoms with E-state index in [1.54, 1.807) is 4.90 Å². The Labute approximate surface area is 142 Å². The fourth-order valence-corrected chi connectivity index (χ4v) is 4.72. The van der Waals surface area contributed by atoms with E-state index < -0.39 is 5.41 Å². The van der Waals surface area contributed by atoms with Gasteiger partial charge < -0.3 is 14.4 Å². The molecule has 23 heavy (non-hydrogen) atoms. The van der Waals surface area contributed by atoms with Gasteiger partial charge in [-0.1, -0.05) is 22.0 Å². The van der Waals surface area contributed by atoms with Gasteiger partial charge in [-0.3, -0.25) is 4.79 Å². The van der Waals surface area contributed by atoms with Crippen LogP contribution in [0.4, 0.5) is 5.69 Å². The highest BCUT2D eigenvalue weighted by Crippen LogP contribution is 2.55. The van der Waals surface area contributed by atoms with E-state index in [2.05, 4.69) is 22.0 Å². The molecule has 2 aromatic rings. The van der Waals surface area contributed by atoms with Crippen molar-refractivity contribution in [1.82, 2.24) is 0 Å². The fourth-order valence-electron chi connectivity index (χ4n) is 4.02. The Bertz CT molecular complexity index is 879. The maximum absolute atomic E-state index is 13.2. The molecule has 1 atom stereocenters. The molecule has 0 aliphatic carbocycles. The molecular formula is C18H14BrNO3. The van der Waals surface area contributed by atoms with E-state index in [4.69, 9.17) is 9.47 Å². The molecule has 1 amide bonds. The Morgan fingerprint density at radius 1 is 1.22 bits per heavy atom. The zero-order valence-corrected chi connectivity index (χ0v) is 14.1. The molecule has 3 aliphatic rings. The summed E-state index contributed by atoms with van der Waals surface area (Å²) in [7, 11) is 1.83. The number of nitrogens with zero attached hydrogens (tertiary/aromatic N) is 1. The highest BCUT2D eigenvalue weighted by Gasteiger charge is 2.57. The van der Waals surface area contributed by atoms with Crippen molar-refractivity contribution in [2.75, 3.05) is 25.2 Å². The number of anilines is 1. The number of fused-ring (bicyclic) bond motifs is 5. The van der Waals surface area contributed by atoms with Crippen LogP contribution < -0.4 is 14.4 Å². The van der Waals surface area contributed by atoms with Crippen molar-refractivity contribution in [2.45, 2.75) is 11.8 Å². The van der Waals surface area contributed by atoms with Crippen molar-refractivity contribution < 1.29 is 14.3 Å². The van der Waals surface area contributed by atoms with E-state index in [9.17, 15) is 4.79 Å². The van der Waals surface area contributed by atoms with Crippen LogP contribution in [-0.4, -0.2) is 26.2 Å². The van der Waals surface area contributed by atoms with Gasteiger partial charge in [0.2, 0.25) is 5.91 Å². The van der Waals surface area contributed by atoms with Crippen LogP contribution in [0.1, 0.15) is 16.7 Å². The van der Waals surface area contributed by atoms with Crippen LogP contribution in [-0.2, 0) is 16.6 Å². The van der Waals surface area contributed by atoms with Crippen molar-refractivity contribution in [1.29, 1.82) is 0 Å². The molecule has 0 N–H and O–H groups in total. The minimum atomic E-state index is -0.753. The summed E-state index contributed by atoms with van der Waals surface area (Å²) < 4.78 is 12.5. The van der Waals surface area contributed by atoms with Gasteiger partial charge in [-0.25, -0.2) is 0 Å². The summed E-state index contributed by atoms with van der Waals surface area (Å²) >= 11 is 3.64. The number of carbonyl (C=O) groups is 1. The third-order valence-corrected chi connectivity index (χ3v) is 5.81. The van der Waals surface area contributed by atoms with Gasteiger partial charge in [0.05, 0.1) is 6.61 Å². The SMILES string of the molecule is CN1C(=O)C2(COc3cc4c(cc32)CCO4)c2c(Br)cccc21. The standard InChI is InChI=1S/C18H14BrNO3/c1-20-13-4-2-3-12(19)16(13)18(17(20)21)9-23-15-8-14-10(5-6-22-14)7-11(15)18/h2-4,7-8H,5-6,9H2,1H3. The highest BCUT2D eigenvalue weighted by molar-refractivity contribution is 9.10. The van der Waals surface area contributed by atoms with Crippen LogP contribution in [0.25, 0.3) is 0 Å². The minimum absolute atomic E-state index is 0.0667. The molecular weight excluding hydrogens is 358 g/mol. The topological polar surface area (TPSA) is 38.8 Å². The summed E-state index contributed by atoms with van der Waals surface area (Å²) in [5.41, 5.74) is 3.31. The number of hydrogen-bond acceptors (Lipinski definition) is 3. The molecule has 0 saturated heterocycles. The molecule has 5 rings (SSSR count). The largest absolute Gasteiger partial charge is 0.493 e. The Morgan fingerprint density at radius 3 is 2.96 bits per heavy atom. The molecule has 2 aromatic carbocycles. The lowest BCUT2D eigenvalue weighted by molar-refractivity contribution is -0.121. The van der Waals surface area contributed by atoms with E-state index in [-0.39, 0.29) is 5.91 Å². The third kappa shape index (κ3) is 1.49. The maximum Gasteiger partial charge on any atom is 0.245 e. The lowest BCUT2D eigenvalue weighted by Gasteiger charge is -2.22. The Kier molecular flexibility index (Phi) is 2.51. The van der Waals surface area contributed by atoms with E-state index >= 15 is 0 Å². The quantitative estimate of drug-likeness (QED) is 0.714. The first-order valence-electron chi connectivity index (χ1n) is 7.63. The second-order valence-electron chi connectivity index (χ2n) is 6.25. The predicted molar refractivity (Wildman–Crippen MR) is 89.5 cm³/mol. The first kappa shape index (κ1) is 13.4. The van der Waals surface area contributed by atoms with Crippen molar-refractivity contribution >= 4 is 27.5 Å². The van der Waals surface area contributed by atoms with E-state index in [0.29, 0.717) is 13.2 Å². The Morgan fingerprint density at radius 2 is 2.09 bits per heavy atom. The molecule has 116 valence electrons. The van der Waals surface area contributed by atoms with Crippen molar-refractivity contribution in [2.24, 2.45) is 0 Å². The number of halogens is 1. The van der Waals surface area contributed by atoms with Crippen molar-refractivity contribution in [3.8, 4) is 11.5 Å². The predicted octanol–water partition coefficient (Wildman–Crippen LogP) is 3.04. The van der Waals surface area contributed by atoms with Crippen LogP contribution in [0.2, 0.25) is 0 Å². The van der Waals surface area contributed by atoms with Gasteiger partial charge in [0, 0.05) is 40.8 Å². The molecule has 3 aliphatic heterocycles. The first-order valence-corrected chi connectivity index (χ1v) is 8.42. The fraction of sp³-hybridized carbons (Fsp3) is 0.278. The molecule has 5 heteroatoms. The molecule has 0 bridgehead atoms. The van der Waals surface area contributed by atoms with E-state index in [1.807, 2.05) is 31.3 Å². The molecule has 0 aromatic heterocycles. The van der Waals surface area contributed by atoms with Crippen molar-refractivity contribution in [3.63, 3.8) is 0 Å². The number of amides is 1. The molecule has 0 radical (unpaired) electrons. The minimum Gasteiger partial charge on any atom is -0.493 e. The lowest BCUT2D eigenvalue weighted by Crippen LogP contribution is -2.41. The smallest absolute Gasteiger partial charge is 0.245 e. The van der Waals surface area contributed by atoms with Crippen LogP contribution >= 0.6 is 15.9 Å². The molecule has 1 unspecified atom stereocenters. The normalized spacial score (nSPS) is 23.6. The number of rotatable bonds is 0. The summed E-state index contributed by atoms with van der Waals surface area (Å²) in [6, 6.07) is 9.97. The van der Waals surface area contributed by atoms with Crippen LogP contribution in [0.3, 0.4) is 0 Å². The Balaban J connectivity index is 1.83. The third-order valence-electron chi connectivity index (χ3n) is 5.15. The zero-order chi connectivity index (χ0) is 15.8. The Hall–Kier alpha value is -2.01. The second kappa shape index (κ2) is 4.29. The van der Waals surface area contributed by atoms with Crippen molar-refractivity contribution in [3.05, 3.63) is 51.5 Å². The van der Waals surface area contributed by atoms with Gasteiger partial charge in [-0.15, -0.1) is 0 Å². The van der Waals surface area contributed by atoms with E-state index in [0.717, 1.165) is 44.8 Å². The summed E-state index contributed by atoms with van der Waals surface area (Å²) in [5.74, 6) is 1.71. The lowest BCUT2D eigenvalue weighted by atomic mass is 9.76. The summed E-state index contributed by atoms with van der Waals surface area (Å²) in [4.78, 5) is 14.9.